The molecule has 1 atom stereocenters. The molecule has 6 heteroatoms. The van der Waals surface area contributed by atoms with Crippen molar-refractivity contribution in [1.29, 1.82) is 0 Å². The maximum Gasteiger partial charge on any atom is 0.237 e. The molecule has 0 unspecified atom stereocenters. The molecule has 1 saturated heterocycles. The Hall–Kier alpha value is -1.14. The molecule has 0 aromatic heterocycles. The van der Waals surface area contributed by atoms with Crippen molar-refractivity contribution in [3.63, 3.8) is 0 Å². The average molecular weight is 326 g/mol. The van der Waals surface area contributed by atoms with E-state index in [4.69, 9.17) is 12.2 Å². The molecule has 0 spiro atoms. The van der Waals surface area contributed by atoms with Gasteiger partial charge in [-0.15, -0.1) is 0 Å². The number of rotatable bonds is 3. The van der Waals surface area contributed by atoms with E-state index in [1.807, 2.05) is 6.92 Å². The first-order valence-electron chi connectivity index (χ1n) is 7.00. The predicted octanol–water partition coefficient (Wildman–Crippen LogP) is 3.58. The monoisotopic (exact) mass is 326 g/mol. The number of thioether (sulfide) groups is 1. The lowest BCUT2D eigenvalue weighted by Gasteiger charge is -2.20. The standard InChI is InChI=1S/C15H19FN2OS2/c1-10-5-6-12(9-13(10)16)17-14(19)11(2)21-15(20)18-7-3-4-8-18/h5-6,9,11H,3-4,7-8H2,1-2H3,(H,17,19)/t11-/m0/s1. The molecule has 114 valence electrons. The van der Waals surface area contributed by atoms with Crippen molar-refractivity contribution in [2.75, 3.05) is 18.4 Å². The Morgan fingerprint density at radius 1 is 1.43 bits per heavy atom. The van der Waals surface area contributed by atoms with Gasteiger partial charge in [0, 0.05) is 18.8 Å². The zero-order chi connectivity index (χ0) is 15.4. The number of aryl methyl sites for hydroxylation is 1. The van der Waals surface area contributed by atoms with Gasteiger partial charge in [0.25, 0.3) is 0 Å². The number of hydrogen-bond acceptors (Lipinski definition) is 3. The van der Waals surface area contributed by atoms with Crippen LogP contribution in [0.3, 0.4) is 0 Å². The van der Waals surface area contributed by atoms with E-state index in [0.717, 1.165) is 30.3 Å². The quantitative estimate of drug-likeness (QED) is 0.861. The maximum absolute atomic E-state index is 13.5. The van der Waals surface area contributed by atoms with E-state index in [-0.39, 0.29) is 17.0 Å². The van der Waals surface area contributed by atoms with Gasteiger partial charge < -0.3 is 10.2 Å². The van der Waals surface area contributed by atoms with E-state index in [9.17, 15) is 9.18 Å². The zero-order valence-electron chi connectivity index (χ0n) is 12.2. The fourth-order valence-electron chi connectivity index (χ4n) is 2.09. The molecule has 3 nitrogen and oxygen atoms in total. The van der Waals surface area contributed by atoms with Gasteiger partial charge in [0.05, 0.1) is 5.25 Å². The molecular weight excluding hydrogens is 307 g/mol. The molecule has 1 aromatic rings. The lowest BCUT2D eigenvalue weighted by molar-refractivity contribution is -0.115. The SMILES string of the molecule is Cc1ccc(NC(=O)[C@H](C)SC(=S)N2CCCC2)cc1F. The number of amides is 1. The van der Waals surface area contributed by atoms with E-state index in [1.165, 1.54) is 17.8 Å². The third-order valence-electron chi connectivity index (χ3n) is 3.45. The number of benzene rings is 1. The Bertz CT molecular complexity index is 544. The van der Waals surface area contributed by atoms with Crippen molar-refractivity contribution in [2.24, 2.45) is 0 Å². The highest BCUT2D eigenvalue weighted by atomic mass is 32.2. The van der Waals surface area contributed by atoms with Gasteiger partial charge in [0.15, 0.2) is 0 Å². The van der Waals surface area contributed by atoms with E-state index in [0.29, 0.717) is 11.3 Å². The predicted molar refractivity (Wildman–Crippen MR) is 90.2 cm³/mol. The summed E-state index contributed by atoms with van der Waals surface area (Å²) in [6.45, 7) is 5.45. The molecule has 0 radical (unpaired) electrons. The highest BCUT2D eigenvalue weighted by Gasteiger charge is 2.21. The zero-order valence-corrected chi connectivity index (χ0v) is 13.8. The third kappa shape index (κ3) is 4.41. The van der Waals surface area contributed by atoms with Crippen molar-refractivity contribution in [2.45, 2.75) is 31.9 Å². The van der Waals surface area contributed by atoms with Crippen LogP contribution in [0.4, 0.5) is 10.1 Å². The van der Waals surface area contributed by atoms with Crippen LogP contribution in [-0.4, -0.2) is 33.5 Å². The van der Waals surface area contributed by atoms with Crippen LogP contribution >= 0.6 is 24.0 Å². The number of nitrogens with one attached hydrogen (secondary N) is 1. The Balaban J connectivity index is 1.89. The Labute approximate surface area is 134 Å². The molecule has 1 aromatic carbocycles. The Kier molecular flexibility index (Phi) is 5.58. The van der Waals surface area contributed by atoms with Gasteiger partial charge in [-0.05, 0) is 44.4 Å². The molecule has 21 heavy (non-hydrogen) atoms. The van der Waals surface area contributed by atoms with Crippen molar-refractivity contribution >= 4 is 39.9 Å². The number of nitrogens with zero attached hydrogens (tertiary/aromatic N) is 1. The molecular formula is C15H19FN2OS2. The molecule has 0 saturated carbocycles. The number of carbonyl (C=O) groups is 1. The summed E-state index contributed by atoms with van der Waals surface area (Å²) < 4.78 is 14.2. The van der Waals surface area contributed by atoms with Gasteiger partial charge in [-0.2, -0.15) is 0 Å². The number of carbonyl (C=O) groups excluding carboxylic acids is 1. The molecule has 0 bridgehead atoms. The summed E-state index contributed by atoms with van der Waals surface area (Å²) in [7, 11) is 0. The van der Waals surface area contributed by atoms with E-state index in [1.54, 1.807) is 19.1 Å². The summed E-state index contributed by atoms with van der Waals surface area (Å²) in [6, 6.07) is 4.69. The van der Waals surface area contributed by atoms with Crippen LogP contribution in [0.15, 0.2) is 18.2 Å². The van der Waals surface area contributed by atoms with Crippen molar-refractivity contribution in [1.82, 2.24) is 4.90 Å². The first-order valence-corrected chi connectivity index (χ1v) is 8.29. The highest BCUT2D eigenvalue weighted by molar-refractivity contribution is 8.23. The summed E-state index contributed by atoms with van der Waals surface area (Å²) in [4.78, 5) is 14.3. The second-order valence-corrected chi connectivity index (χ2v) is 7.15. The number of thiocarbonyl (C=S) groups is 1. The smallest absolute Gasteiger partial charge is 0.237 e. The van der Waals surface area contributed by atoms with E-state index < -0.39 is 0 Å². The molecule has 1 heterocycles. The van der Waals surface area contributed by atoms with E-state index >= 15 is 0 Å². The van der Waals surface area contributed by atoms with Gasteiger partial charge >= 0.3 is 0 Å². The van der Waals surface area contributed by atoms with Crippen LogP contribution < -0.4 is 5.32 Å². The van der Waals surface area contributed by atoms with E-state index in [2.05, 4.69) is 10.2 Å². The second-order valence-electron chi connectivity index (χ2n) is 5.17. The number of hydrogen-bond donors (Lipinski definition) is 1. The Morgan fingerprint density at radius 3 is 2.71 bits per heavy atom. The minimum Gasteiger partial charge on any atom is -0.358 e. The van der Waals surface area contributed by atoms with Gasteiger partial charge in [0.1, 0.15) is 10.1 Å². The van der Waals surface area contributed by atoms with Crippen molar-refractivity contribution in [3.05, 3.63) is 29.6 Å². The first kappa shape index (κ1) is 16.2. The van der Waals surface area contributed by atoms with Gasteiger partial charge in [-0.1, -0.05) is 30.0 Å². The minimum atomic E-state index is -0.319. The first-order chi connectivity index (χ1) is 9.97. The van der Waals surface area contributed by atoms with Crippen LogP contribution in [-0.2, 0) is 4.79 Å². The van der Waals surface area contributed by atoms with Gasteiger partial charge in [0.2, 0.25) is 5.91 Å². The lowest BCUT2D eigenvalue weighted by Crippen LogP contribution is -2.29. The summed E-state index contributed by atoms with van der Waals surface area (Å²) in [5, 5.41) is 2.42. The van der Waals surface area contributed by atoms with Crippen molar-refractivity contribution in [3.8, 4) is 0 Å². The van der Waals surface area contributed by atoms with Crippen LogP contribution in [0, 0.1) is 12.7 Å². The maximum atomic E-state index is 13.5. The van der Waals surface area contributed by atoms with Crippen LogP contribution in [0.25, 0.3) is 0 Å². The van der Waals surface area contributed by atoms with Crippen molar-refractivity contribution < 1.29 is 9.18 Å². The largest absolute Gasteiger partial charge is 0.358 e. The van der Waals surface area contributed by atoms with Gasteiger partial charge in [-0.25, -0.2) is 4.39 Å². The molecule has 1 amide bonds. The second kappa shape index (κ2) is 7.22. The Morgan fingerprint density at radius 2 is 2.10 bits per heavy atom. The molecule has 1 fully saturated rings. The number of halogens is 1. The summed E-state index contributed by atoms with van der Waals surface area (Å²) >= 11 is 6.74. The average Bonchev–Trinajstić information content (AvgIpc) is 2.97. The van der Waals surface area contributed by atoms with Crippen LogP contribution in [0.2, 0.25) is 0 Å². The van der Waals surface area contributed by atoms with Gasteiger partial charge in [-0.3, -0.25) is 4.79 Å². The molecule has 1 N–H and O–H groups in total. The minimum absolute atomic E-state index is 0.162. The number of likely N-dealkylation sites (tertiary alicyclic amines) is 1. The third-order valence-corrected chi connectivity index (χ3v) is 5.02. The summed E-state index contributed by atoms with van der Waals surface area (Å²) in [5.41, 5.74) is 1.04. The topological polar surface area (TPSA) is 32.3 Å². The fraction of sp³-hybridized carbons (Fsp3) is 0.467. The molecule has 0 aliphatic carbocycles. The lowest BCUT2D eigenvalue weighted by atomic mass is 10.2. The normalized spacial score (nSPS) is 15.9. The summed E-state index contributed by atoms with van der Waals surface area (Å²) in [6.07, 6.45) is 2.31. The molecule has 1 aliphatic heterocycles. The molecule has 2 rings (SSSR count). The summed E-state index contributed by atoms with van der Waals surface area (Å²) in [5.74, 6) is -0.481. The number of anilines is 1. The fourth-order valence-corrected chi connectivity index (χ4v) is 3.51. The molecule has 1 aliphatic rings. The van der Waals surface area contributed by atoms with Crippen LogP contribution in [0.1, 0.15) is 25.3 Å². The van der Waals surface area contributed by atoms with Crippen LogP contribution in [0.5, 0.6) is 0 Å². The highest BCUT2D eigenvalue weighted by Crippen LogP contribution is 2.22.